The lowest BCUT2D eigenvalue weighted by atomic mass is 10.0. The summed E-state index contributed by atoms with van der Waals surface area (Å²) in [7, 11) is 0. The number of nitrogens with two attached hydrogens (primary N) is 6. The molecule has 0 aliphatic rings. The van der Waals surface area contributed by atoms with Gasteiger partial charge in [0.15, 0.2) is 11.9 Å². The molecule has 3 aromatic rings. The Hall–Kier alpha value is -7.43. The van der Waals surface area contributed by atoms with Crippen molar-refractivity contribution in [2.75, 3.05) is 19.6 Å². The lowest BCUT2D eigenvalue weighted by molar-refractivity contribution is -0.133. The molecule has 20 N–H and O–H groups in total. The lowest BCUT2D eigenvalue weighted by Gasteiger charge is -2.25. The molecule has 6 amide bonds. The van der Waals surface area contributed by atoms with Gasteiger partial charge in [0, 0.05) is 44.2 Å². The zero-order valence-electron chi connectivity index (χ0n) is 33.4. The number of aromatic nitrogens is 2. The second-order valence-electron chi connectivity index (χ2n) is 14.0. The molecule has 0 spiro atoms. The third-order valence-corrected chi connectivity index (χ3v) is 8.98. The number of benzene rings is 2. The lowest BCUT2D eigenvalue weighted by Crippen LogP contribution is -2.58. The smallest absolute Gasteiger partial charge is 0.243 e. The van der Waals surface area contributed by atoms with Gasteiger partial charge in [0.1, 0.15) is 35.7 Å². The standard InChI is InChI=1S/C38H55N15O8/c39-26(3-1-13-46-37(41)42)33(58)51-27(4-2-14-47-38(43)44)34(59)48-19-31(56)50-30(17-23-18-45-20-49-23)36(61)53-29(16-22-7-11-25(55)12-8-22)35(60)52-28(32(40)57)15-21-5-9-24(54)10-6-21/h5-12,18,20,26-30,54-55H,1-4,13-17,19,39H2,(H2,40,57)(H,45,49)(H,48,59)(H,50,56)(H,51,58)(H,52,60)(H,53,61)(H4,41,42,46)(H4,43,44,47)/t26-,27-,28-,29-,30-/m0/s1. The number of amides is 6. The van der Waals surface area contributed by atoms with E-state index in [1.165, 1.54) is 48.9 Å². The molecule has 0 saturated heterocycles. The molecule has 23 heteroatoms. The summed E-state index contributed by atoms with van der Waals surface area (Å²) >= 11 is 0. The molecule has 0 aliphatic heterocycles. The normalized spacial score (nSPS) is 13.2. The van der Waals surface area contributed by atoms with Gasteiger partial charge >= 0.3 is 0 Å². The number of carbonyl (C=O) groups excluding carboxylic acids is 6. The van der Waals surface area contributed by atoms with Gasteiger partial charge in [-0.05, 0) is 61.1 Å². The molecule has 0 radical (unpaired) electrons. The van der Waals surface area contributed by atoms with E-state index in [-0.39, 0.29) is 75.0 Å². The fourth-order valence-electron chi connectivity index (χ4n) is 5.78. The number of rotatable bonds is 25. The molecule has 0 saturated carbocycles. The third-order valence-electron chi connectivity index (χ3n) is 8.98. The van der Waals surface area contributed by atoms with Crippen molar-refractivity contribution in [3.8, 4) is 11.5 Å². The van der Waals surface area contributed by atoms with E-state index in [4.69, 9.17) is 34.4 Å². The van der Waals surface area contributed by atoms with Crippen LogP contribution in [0.25, 0.3) is 0 Å². The summed E-state index contributed by atoms with van der Waals surface area (Å²) < 4.78 is 0. The van der Waals surface area contributed by atoms with Gasteiger partial charge in [-0.1, -0.05) is 24.3 Å². The molecule has 0 bridgehead atoms. The first-order valence-electron chi connectivity index (χ1n) is 19.2. The molecule has 0 aliphatic carbocycles. The summed E-state index contributed by atoms with van der Waals surface area (Å²) in [4.78, 5) is 94.4. The average Bonchev–Trinajstić information content (AvgIpc) is 3.73. The first-order chi connectivity index (χ1) is 29.0. The van der Waals surface area contributed by atoms with E-state index in [2.05, 4.69) is 46.5 Å². The Kier molecular flexibility index (Phi) is 19.2. The van der Waals surface area contributed by atoms with Crippen LogP contribution in [0, 0.1) is 0 Å². The van der Waals surface area contributed by atoms with Crippen LogP contribution in [-0.4, -0.2) is 117 Å². The van der Waals surface area contributed by atoms with Crippen LogP contribution in [0.1, 0.15) is 42.5 Å². The number of nitrogens with one attached hydrogen (secondary N) is 6. The second kappa shape index (κ2) is 24.5. The number of aromatic amines is 1. The Morgan fingerprint density at radius 1 is 0.623 bits per heavy atom. The second-order valence-corrected chi connectivity index (χ2v) is 14.0. The monoisotopic (exact) mass is 849 g/mol. The largest absolute Gasteiger partial charge is 0.508 e. The van der Waals surface area contributed by atoms with E-state index in [0.29, 0.717) is 23.2 Å². The quantitative estimate of drug-likeness (QED) is 0.0219. The number of carbonyl (C=O) groups is 6. The van der Waals surface area contributed by atoms with Crippen molar-refractivity contribution >= 4 is 47.4 Å². The summed E-state index contributed by atoms with van der Waals surface area (Å²) in [5, 5.41) is 32.3. The fraction of sp³-hybridized carbons (Fsp3) is 0.395. The SMILES string of the molecule is NC(=O)[C@H](Cc1ccc(O)cc1)NC(=O)[C@H](Cc1ccc(O)cc1)NC(=O)[C@H](Cc1cnc[nH]1)NC(=O)CNC(=O)[C@H](CCCN=C(N)N)NC(=O)[C@@H](N)CCCN=C(N)N. The molecular formula is C38H55N15O8. The van der Waals surface area contributed by atoms with E-state index >= 15 is 0 Å². The number of H-pyrrole nitrogens is 1. The topological polar surface area (TPSA) is 413 Å². The summed E-state index contributed by atoms with van der Waals surface area (Å²) in [6, 6.07) is 5.75. The molecular weight excluding hydrogens is 795 g/mol. The number of phenolic OH excluding ortho intramolecular Hbond substituents is 2. The van der Waals surface area contributed by atoms with Crippen molar-refractivity contribution in [1.82, 2.24) is 36.6 Å². The predicted molar refractivity (Wildman–Crippen MR) is 224 cm³/mol. The zero-order valence-corrected chi connectivity index (χ0v) is 33.4. The first-order valence-corrected chi connectivity index (χ1v) is 19.2. The number of hydrogen-bond acceptors (Lipinski definition) is 12. The number of phenols is 2. The van der Waals surface area contributed by atoms with Gasteiger partial charge in [0.05, 0.1) is 18.9 Å². The minimum absolute atomic E-state index is 0.00218. The van der Waals surface area contributed by atoms with Crippen molar-refractivity contribution in [1.29, 1.82) is 0 Å². The highest BCUT2D eigenvalue weighted by Gasteiger charge is 2.31. The van der Waals surface area contributed by atoms with E-state index in [9.17, 15) is 39.0 Å². The van der Waals surface area contributed by atoms with Gasteiger partial charge in [-0.25, -0.2) is 4.98 Å². The van der Waals surface area contributed by atoms with E-state index in [0.717, 1.165) is 0 Å². The molecule has 2 aromatic carbocycles. The molecule has 1 heterocycles. The maximum Gasteiger partial charge on any atom is 0.243 e. The number of guanidine groups is 2. The Morgan fingerprint density at radius 3 is 1.62 bits per heavy atom. The number of aliphatic imine (C=N–C) groups is 2. The minimum atomic E-state index is -1.34. The van der Waals surface area contributed by atoms with Crippen LogP contribution in [-0.2, 0) is 48.0 Å². The third kappa shape index (κ3) is 17.9. The van der Waals surface area contributed by atoms with Crippen LogP contribution in [0.5, 0.6) is 11.5 Å². The van der Waals surface area contributed by atoms with E-state index in [1.54, 1.807) is 12.1 Å². The Labute approximate surface area is 351 Å². The van der Waals surface area contributed by atoms with Gasteiger partial charge in [-0.3, -0.25) is 38.8 Å². The molecule has 0 fully saturated rings. The number of nitrogens with zero attached hydrogens (tertiary/aromatic N) is 3. The summed E-state index contributed by atoms with van der Waals surface area (Å²) in [5.41, 5.74) is 34.7. The molecule has 3 rings (SSSR count). The van der Waals surface area contributed by atoms with Crippen molar-refractivity contribution in [3.63, 3.8) is 0 Å². The summed E-state index contributed by atoms with van der Waals surface area (Å²) in [6.07, 6.45) is 3.45. The van der Waals surface area contributed by atoms with Crippen molar-refractivity contribution in [2.45, 2.75) is 75.2 Å². The molecule has 61 heavy (non-hydrogen) atoms. The summed E-state index contributed by atoms with van der Waals surface area (Å²) in [6.45, 7) is -0.249. The van der Waals surface area contributed by atoms with Gasteiger partial charge in [-0.2, -0.15) is 0 Å². The molecule has 0 unspecified atom stereocenters. The Morgan fingerprint density at radius 2 is 1.11 bits per heavy atom. The molecule has 23 nitrogen and oxygen atoms in total. The fourth-order valence-corrected chi connectivity index (χ4v) is 5.78. The Balaban J connectivity index is 1.76. The number of hydrogen-bond donors (Lipinski definition) is 14. The highest BCUT2D eigenvalue weighted by Crippen LogP contribution is 2.14. The van der Waals surface area contributed by atoms with Gasteiger partial charge in [-0.15, -0.1) is 0 Å². The van der Waals surface area contributed by atoms with Crippen molar-refractivity contribution in [3.05, 3.63) is 77.9 Å². The van der Waals surface area contributed by atoms with Crippen LogP contribution in [0.3, 0.4) is 0 Å². The van der Waals surface area contributed by atoms with Crippen LogP contribution in [0.15, 0.2) is 71.0 Å². The van der Waals surface area contributed by atoms with E-state index in [1.807, 2.05) is 0 Å². The van der Waals surface area contributed by atoms with Gasteiger partial charge in [0.2, 0.25) is 35.4 Å². The predicted octanol–water partition coefficient (Wildman–Crippen LogP) is -4.18. The zero-order chi connectivity index (χ0) is 44.9. The van der Waals surface area contributed by atoms with Crippen LogP contribution >= 0.6 is 0 Å². The maximum absolute atomic E-state index is 14.0. The summed E-state index contributed by atoms with van der Waals surface area (Å²) in [5.74, 6) is -4.96. The van der Waals surface area contributed by atoms with Crippen LogP contribution in [0.4, 0.5) is 0 Å². The van der Waals surface area contributed by atoms with Crippen LogP contribution < -0.4 is 61.0 Å². The van der Waals surface area contributed by atoms with Gasteiger partial charge < -0.3 is 76.2 Å². The molecule has 5 atom stereocenters. The highest BCUT2D eigenvalue weighted by atomic mass is 16.3. The average molecular weight is 850 g/mol. The minimum Gasteiger partial charge on any atom is -0.508 e. The highest BCUT2D eigenvalue weighted by molar-refractivity contribution is 5.96. The Bertz CT molecular complexity index is 1970. The molecule has 1 aromatic heterocycles. The maximum atomic E-state index is 14.0. The number of primary amides is 1. The van der Waals surface area contributed by atoms with Crippen LogP contribution in [0.2, 0.25) is 0 Å². The first kappa shape index (κ1) is 47.9. The molecule has 330 valence electrons. The van der Waals surface area contributed by atoms with Gasteiger partial charge in [0.25, 0.3) is 0 Å². The van der Waals surface area contributed by atoms with E-state index < -0.39 is 72.2 Å². The number of imidazole rings is 1. The van der Waals surface area contributed by atoms with Crippen molar-refractivity contribution < 1.29 is 39.0 Å². The van der Waals surface area contributed by atoms with Crippen molar-refractivity contribution in [2.24, 2.45) is 44.4 Å². The number of aromatic hydroxyl groups is 2.